The average molecular weight is 222 g/mol. The van der Waals surface area contributed by atoms with Gasteiger partial charge in [-0.15, -0.1) is 0 Å². The van der Waals surface area contributed by atoms with Crippen molar-refractivity contribution in [1.82, 2.24) is 10.6 Å². The SMILES string of the molecule is CCNC(=O)NC(C)(CO)c1ccccc1. The second-order valence-electron chi connectivity index (χ2n) is 3.84. The summed E-state index contributed by atoms with van der Waals surface area (Å²) >= 11 is 0. The highest BCUT2D eigenvalue weighted by Crippen LogP contribution is 2.19. The molecule has 0 aliphatic rings. The Kier molecular flexibility index (Phi) is 4.31. The lowest BCUT2D eigenvalue weighted by Crippen LogP contribution is -2.50. The van der Waals surface area contributed by atoms with E-state index in [1.54, 1.807) is 6.92 Å². The second kappa shape index (κ2) is 5.51. The monoisotopic (exact) mass is 222 g/mol. The van der Waals surface area contributed by atoms with Crippen LogP contribution in [0.15, 0.2) is 30.3 Å². The molecule has 0 aliphatic heterocycles. The number of nitrogens with one attached hydrogen (secondary N) is 2. The van der Waals surface area contributed by atoms with Crippen LogP contribution in [0.1, 0.15) is 19.4 Å². The highest BCUT2D eigenvalue weighted by atomic mass is 16.3. The summed E-state index contributed by atoms with van der Waals surface area (Å²) in [5.74, 6) is 0. The molecule has 0 heterocycles. The van der Waals surface area contributed by atoms with Gasteiger partial charge in [-0.3, -0.25) is 0 Å². The molecule has 0 aromatic heterocycles. The largest absolute Gasteiger partial charge is 0.394 e. The van der Waals surface area contributed by atoms with Crippen molar-refractivity contribution in [2.24, 2.45) is 0 Å². The minimum absolute atomic E-state index is 0.145. The second-order valence-corrected chi connectivity index (χ2v) is 3.84. The van der Waals surface area contributed by atoms with E-state index in [2.05, 4.69) is 10.6 Å². The fourth-order valence-corrected chi connectivity index (χ4v) is 1.46. The van der Waals surface area contributed by atoms with Crippen molar-refractivity contribution in [2.75, 3.05) is 13.2 Å². The lowest BCUT2D eigenvalue weighted by atomic mass is 9.93. The Labute approximate surface area is 95.7 Å². The van der Waals surface area contributed by atoms with E-state index < -0.39 is 5.54 Å². The molecular formula is C12H18N2O2. The zero-order valence-corrected chi connectivity index (χ0v) is 9.66. The van der Waals surface area contributed by atoms with Crippen molar-refractivity contribution in [2.45, 2.75) is 19.4 Å². The number of hydrogen-bond donors (Lipinski definition) is 3. The number of carbonyl (C=O) groups is 1. The minimum atomic E-state index is -0.749. The van der Waals surface area contributed by atoms with E-state index >= 15 is 0 Å². The summed E-state index contributed by atoms with van der Waals surface area (Å²) in [6.45, 7) is 4.05. The Morgan fingerprint density at radius 1 is 1.38 bits per heavy atom. The van der Waals surface area contributed by atoms with E-state index in [0.29, 0.717) is 6.54 Å². The predicted molar refractivity (Wildman–Crippen MR) is 63.1 cm³/mol. The molecule has 4 heteroatoms. The van der Waals surface area contributed by atoms with Crippen LogP contribution in [0.25, 0.3) is 0 Å². The number of amides is 2. The zero-order chi connectivity index (χ0) is 12.0. The van der Waals surface area contributed by atoms with Gasteiger partial charge in [-0.2, -0.15) is 0 Å². The molecule has 0 radical (unpaired) electrons. The quantitative estimate of drug-likeness (QED) is 0.717. The van der Waals surface area contributed by atoms with Crippen molar-refractivity contribution < 1.29 is 9.90 Å². The van der Waals surface area contributed by atoms with E-state index in [-0.39, 0.29) is 12.6 Å². The van der Waals surface area contributed by atoms with E-state index in [9.17, 15) is 9.90 Å². The standard InChI is InChI=1S/C12H18N2O2/c1-3-13-11(16)14-12(2,9-15)10-7-5-4-6-8-10/h4-8,15H,3,9H2,1-2H3,(H2,13,14,16). The Balaban J connectivity index is 2.82. The van der Waals surface area contributed by atoms with Crippen LogP contribution in [0, 0.1) is 0 Å². The maximum atomic E-state index is 11.5. The van der Waals surface area contributed by atoms with Crippen LogP contribution < -0.4 is 10.6 Å². The minimum Gasteiger partial charge on any atom is -0.394 e. The van der Waals surface area contributed by atoms with Gasteiger partial charge >= 0.3 is 6.03 Å². The molecule has 1 aromatic rings. The summed E-state index contributed by atoms with van der Waals surface area (Å²) < 4.78 is 0. The van der Waals surface area contributed by atoms with Crippen molar-refractivity contribution in [3.05, 3.63) is 35.9 Å². The van der Waals surface area contributed by atoms with Gasteiger partial charge in [0.2, 0.25) is 0 Å². The molecule has 2 amide bonds. The van der Waals surface area contributed by atoms with Gasteiger partial charge in [0, 0.05) is 6.54 Å². The van der Waals surface area contributed by atoms with Crippen LogP contribution in [0.2, 0.25) is 0 Å². The molecule has 16 heavy (non-hydrogen) atoms. The lowest BCUT2D eigenvalue weighted by Gasteiger charge is -2.29. The molecule has 0 saturated heterocycles. The molecule has 1 aromatic carbocycles. The molecule has 4 nitrogen and oxygen atoms in total. The van der Waals surface area contributed by atoms with E-state index in [4.69, 9.17) is 0 Å². The summed E-state index contributed by atoms with van der Waals surface area (Å²) in [5.41, 5.74) is 0.129. The fraction of sp³-hybridized carbons (Fsp3) is 0.417. The van der Waals surface area contributed by atoms with Gasteiger partial charge in [0.15, 0.2) is 0 Å². The lowest BCUT2D eigenvalue weighted by molar-refractivity contribution is 0.171. The maximum Gasteiger partial charge on any atom is 0.315 e. The Bertz CT molecular complexity index is 340. The van der Waals surface area contributed by atoms with Crippen LogP contribution >= 0.6 is 0 Å². The summed E-state index contributed by atoms with van der Waals surface area (Å²) in [7, 11) is 0. The Morgan fingerprint density at radius 2 is 2.00 bits per heavy atom. The van der Waals surface area contributed by atoms with Gasteiger partial charge in [0.05, 0.1) is 12.1 Å². The number of hydrogen-bond acceptors (Lipinski definition) is 2. The van der Waals surface area contributed by atoms with Gasteiger partial charge in [0.25, 0.3) is 0 Å². The van der Waals surface area contributed by atoms with Gasteiger partial charge in [0.1, 0.15) is 0 Å². The number of aliphatic hydroxyl groups is 1. The maximum absolute atomic E-state index is 11.5. The summed E-state index contributed by atoms with van der Waals surface area (Å²) in [6.07, 6.45) is 0. The normalized spacial score (nSPS) is 13.9. The first-order valence-corrected chi connectivity index (χ1v) is 5.35. The molecule has 0 saturated carbocycles. The smallest absolute Gasteiger partial charge is 0.315 e. The van der Waals surface area contributed by atoms with Gasteiger partial charge < -0.3 is 15.7 Å². The number of benzene rings is 1. The first-order chi connectivity index (χ1) is 7.62. The van der Waals surface area contributed by atoms with Crippen LogP contribution in [-0.4, -0.2) is 24.3 Å². The van der Waals surface area contributed by atoms with Crippen LogP contribution in [-0.2, 0) is 5.54 Å². The molecule has 1 rings (SSSR count). The molecule has 0 aliphatic carbocycles. The first-order valence-electron chi connectivity index (χ1n) is 5.35. The zero-order valence-electron chi connectivity index (χ0n) is 9.66. The van der Waals surface area contributed by atoms with Crippen molar-refractivity contribution >= 4 is 6.03 Å². The van der Waals surface area contributed by atoms with Gasteiger partial charge in [-0.25, -0.2) is 4.79 Å². The molecule has 0 bridgehead atoms. The number of aliphatic hydroxyl groups excluding tert-OH is 1. The molecular weight excluding hydrogens is 204 g/mol. The van der Waals surface area contributed by atoms with Crippen molar-refractivity contribution in [1.29, 1.82) is 0 Å². The summed E-state index contributed by atoms with van der Waals surface area (Å²) in [5, 5.41) is 14.8. The van der Waals surface area contributed by atoms with Crippen LogP contribution in [0.4, 0.5) is 4.79 Å². The molecule has 1 unspecified atom stereocenters. The Hall–Kier alpha value is -1.55. The first kappa shape index (κ1) is 12.5. The molecule has 3 N–H and O–H groups in total. The van der Waals surface area contributed by atoms with E-state index in [0.717, 1.165) is 5.56 Å². The molecule has 0 fully saturated rings. The van der Waals surface area contributed by atoms with Crippen molar-refractivity contribution in [3.8, 4) is 0 Å². The third kappa shape index (κ3) is 2.97. The topological polar surface area (TPSA) is 61.4 Å². The third-order valence-electron chi connectivity index (χ3n) is 2.45. The highest BCUT2D eigenvalue weighted by Gasteiger charge is 2.27. The van der Waals surface area contributed by atoms with Crippen LogP contribution in [0.3, 0.4) is 0 Å². The molecule has 1 atom stereocenters. The van der Waals surface area contributed by atoms with Gasteiger partial charge in [-0.1, -0.05) is 30.3 Å². The van der Waals surface area contributed by atoms with Crippen molar-refractivity contribution in [3.63, 3.8) is 0 Å². The molecule has 0 spiro atoms. The number of carbonyl (C=O) groups excluding carboxylic acids is 1. The molecule has 88 valence electrons. The summed E-state index contributed by atoms with van der Waals surface area (Å²) in [6, 6.07) is 9.13. The average Bonchev–Trinajstić information content (AvgIpc) is 2.30. The summed E-state index contributed by atoms with van der Waals surface area (Å²) in [4.78, 5) is 11.5. The number of urea groups is 1. The number of rotatable bonds is 4. The van der Waals surface area contributed by atoms with Gasteiger partial charge in [-0.05, 0) is 19.4 Å². The fourth-order valence-electron chi connectivity index (χ4n) is 1.46. The van der Waals surface area contributed by atoms with Crippen LogP contribution in [0.5, 0.6) is 0 Å². The Morgan fingerprint density at radius 3 is 2.50 bits per heavy atom. The van der Waals surface area contributed by atoms with E-state index in [1.165, 1.54) is 0 Å². The highest BCUT2D eigenvalue weighted by molar-refractivity contribution is 5.75. The predicted octanol–water partition coefficient (Wildman–Crippen LogP) is 1.21. The third-order valence-corrected chi connectivity index (χ3v) is 2.45. The van der Waals surface area contributed by atoms with E-state index in [1.807, 2.05) is 37.3 Å².